The molecule has 3 N–H and O–H groups in total. The van der Waals surface area contributed by atoms with Crippen LogP contribution < -0.4 is 10.2 Å². The molecule has 0 unspecified atom stereocenters. The third-order valence-electron chi connectivity index (χ3n) is 3.70. The summed E-state index contributed by atoms with van der Waals surface area (Å²) in [5, 5.41) is 25.1. The number of rotatable bonds is 14. The summed E-state index contributed by atoms with van der Waals surface area (Å²) in [6.07, 6.45) is 0.784. The van der Waals surface area contributed by atoms with Gasteiger partial charge in [0.25, 0.3) is 27.4 Å². The fourth-order valence-electron chi connectivity index (χ4n) is 2.51. The van der Waals surface area contributed by atoms with Gasteiger partial charge in [0.05, 0.1) is 40.9 Å². The van der Waals surface area contributed by atoms with E-state index in [1.54, 1.807) is 0 Å². The first-order chi connectivity index (χ1) is 15.2. The number of nitrogens with zero attached hydrogens (tertiary/aromatic N) is 3. The van der Waals surface area contributed by atoms with E-state index in [2.05, 4.69) is 14.0 Å². The molecule has 1 rings (SSSR count). The van der Waals surface area contributed by atoms with Crippen molar-refractivity contribution in [3.63, 3.8) is 0 Å². The van der Waals surface area contributed by atoms with E-state index in [-0.39, 0.29) is 19.0 Å². The van der Waals surface area contributed by atoms with Crippen LogP contribution >= 0.6 is 19.4 Å². The van der Waals surface area contributed by atoms with E-state index in [9.17, 15) is 38.0 Å². The van der Waals surface area contributed by atoms with Gasteiger partial charge in [0.2, 0.25) is 0 Å². The SMILES string of the molecule is CS(=O)(=O)OCCN(CCCl)c1c(C(=O)NCCOP(=O)(O)O)cc([N+](=O)[O-])cc1[N+](=O)[O-]. The molecule has 0 aliphatic carbocycles. The monoisotopic (exact) mass is 534 g/mol. The van der Waals surface area contributed by atoms with Gasteiger partial charge in [-0.3, -0.25) is 33.7 Å². The lowest BCUT2D eigenvalue weighted by atomic mass is 10.1. The second-order valence-corrected chi connectivity index (χ2v) is 9.42. The minimum atomic E-state index is -4.82. The van der Waals surface area contributed by atoms with Gasteiger partial charge in [-0.05, 0) is 0 Å². The zero-order valence-electron chi connectivity index (χ0n) is 16.9. The summed E-state index contributed by atoms with van der Waals surface area (Å²) in [6, 6.07) is 1.39. The van der Waals surface area contributed by atoms with Crippen molar-refractivity contribution in [1.82, 2.24) is 5.32 Å². The van der Waals surface area contributed by atoms with Crippen molar-refractivity contribution in [1.29, 1.82) is 0 Å². The Kier molecular flexibility index (Phi) is 10.6. The number of anilines is 1. The maximum atomic E-state index is 12.7. The number of nitro groups is 2. The summed E-state index contributed by atoms with van der Waals surface area (Å²) in [5.74, 6) is -1.18. The summed E-state index contributed by atoms with van der Waals surface area (Å²) in [6.45, 7) is -1.97. The molecule has 0 bridgehead atoms. The summed E-state index contributed by atoms with van der Waals surface area (Å²) in [5.41, 5.74) is -2.53. The molecule has 1 aromatic rings. The topological polar surface area (TPSA) is 229 Å². The fraction of sp³-hybridized carbons (Fsp3) is 0.500. The number of carbonyl (C=O) groups excluding carboxylic acids is 1. The lowest BCUT2D eigenvalue weighted by Gasteiger charge is -2.25. The largest absolute Gasteiger partial charge is 0.469 e. The van der Waals surface area contributed by atoms with Crippen LogP contribution in [0.15, 0.2) is 12.1 Å². The average Bonchev–Trinajstić information content (AvgIpc) is 2.67. The number of alkyl halides is 1. The van der Waals surface area contributed by atoms with E-state index in [4.69, 9.17) is 21.4 Å². The van der Waals surface area contributed by atoms with E-state index in [0.717, 1.165) is 17.2 Å². The predicted molar refractivity (Wildman–Crippen MR) is 114 cm³/mol. The van der Waals surface area contributed by atoms with Crippen LogP contribution in [0.3, 0.4) is 0 Å². The summed E-state index contributed by atoms with van der Waals surface area (Å²) in [4.78, 5) is 52.1. The number of amides is 1. The van der Waals surface area contributed by atoms with Gasteiger partial charge in [0.15, 0.2) is 0 Å². The number of nitrogens with one attached hydrogen (secondary N) is 1. The Hall–Kier alpha value is -2.40. The lowest BCUT2D eigenvalue weighted by Crippen LogP contribution is -2.34. The fourth-order valence-corrected chi connectivity index (χ4v) is 3.43. The highest BCUT2D eigenvalue weighted by Crippen LogP contribution is 2.37. The van der Waals surface area contributed by atoms with Crippen molar-refractivity contribution in [2.24, 2.45) is 0 Å². The van der Waals surface area contributed by atoms with Crippen LogP contribution in [0.4, 0.5) is 17.1 Å². The first kappa shape index (κ1) is 28.6. The first-order valence-corrected chi connectivity index (χ1v) is 12.6. The Morgan fingerprint density at radius 3 is 2.33 bits per heavy atom. The molecule has 19 heteroatoms. The molecule has 0 spiro atoms. The molecule has 186 valence electrons. The number of nitro benzene ring substituents is 2. The van der Waals surface area contributed by atoms with E-state index < -0.39 is 76.1 Å². The molecular formula is C14H20ClN4O12PS. The third kappa shape index (κ3) is 9.95. The summed E-state index contributed by atoms with van der Waals surface area (Å²) in [7, 11) is -8.67. The molecule has 1 amide bonds. The maximum absolute atomic E-state index is 12.7. The molecule has 0 fully saturated rings. The molecule has 0 aliphatic rings. The smallest absolute Gasteiger partial charge is 0.362 e. The van der Waals surface area contributed by atoms with Gasteiger partial charge in [-0.25, -0.2) is 4.57 Å². The Morgan fingerprint density at radius 1 is 1.21 bits per heavy atom. The van der Waals surface area contributed by atoms with Gasteiger partial charge in [-0.1, -0.05) is 0 Å². The van der Waals surface area contributed by atoms with Crippen LogP contribution in [-0.4, -0.2) is 78.9 Å². The number of hydrogen-bond donors (Lipinski definition) is 3. The Morgan fingerprint density at radius 2 is 1.85 bits per heavy atom. The zero-order chi connectivity index (χ0) is 25.4. The van der Waals surface area contributed by atoms with Crippen molar-refractivity contribution in [3.8, 4) is 0 Å². The Balaban J connectivity index is 3.43. The standard InChI is InChI=1S/C14H20ClN4O12PS/c1-33(28,29)31-7-5-17(4-2-15)13-11(14(20)16-3-6-30-32(25,26)27)8-10(18(21)22)9-12(13)19(23)24/h8-9H,2-7H2,1H3,(H,16,20)(H2,25,26,27). The van der Waals surface area contributed by atoms with Gasteiger partial charge in [-0.2, -0.15) is 8.42 Å². The van der Waals surface area contributed by atoms with Crippen LogP contribution in [0.25, 0.3) is 0 Å². The number of phosphoric ester groups is 1. The van der Waals surface area contributed by atoms with Gasteiger partial charge in [0.1, 0.15) is 5.69 Å². The minimum Gasteiger partial charge on any atom is -0.362 e. The molecule has 0 saturated heterocycles. The molecule has 0 atom stereocenters. The lowest BCUT2D eigenvalue weighted by molar-refractivity contribution is -0.393. The van der Waals surface area contributed by atoms with Crippen molar-refractivity contribution in [2.75, 3.05) is 49.9 Å². The Labute approximate surface area is 192 Å². The van der Waals surface area contributed by atoms with Crippen LogP contribution in [0.2, 0.25) is 0 Å². The van der Waals surface area contributed by atoms with Crippen LogP contribution in [-0.2, 0) is 23.4 Å². The highest BCUT2D eigenvalue weighted by atomic mass is 35.5. The quantitative estimate of drug-likeness (QED) is 0.0731. The van der Waals surface area contributed by atoms with Crippen molar-refractivity contribution < 1.29 is 46.1 Å². The highest BCUT2D eigenvalue weighted by molar-refractivity contribution is 7.85. The molecule has 0 saturated carbocycles. The third-order valence-corrected chi connectivity index (χ3v) is 4.99. The van der Waals surface area contributed by atoms with E-state index in [1.807, 2.05) is 0 Å². The van der Waals surface area contributed by atoms with Gasteiger partial charge in [0, 0.05) is 31.6 Å². The van der Waals surface area contributed by atoms with Crippen molar-refractivity contribution in [2.45, 2.75) is 0 Å². The second-order valence-electron chi connectivity index (χ2n) is 6.16. The maximum Gasteiger partial charge on any atom is 0.469 e. The van der Waals surface area contributed by atoms with Crippen LogP contribution in [0.1, 0.15) is 10.4 Å². The average molecular weight is 535 g/mol. The number of phosphoric acid groups is 1. The van der Waals surface area contributed by atoms with Gasteiger partial charge < -0.3 is 20.0 Å². The normalized spacial score (nSPS) is 11.8. The number of non-ortho nitro benzene ring substituents is 1. The minimum absolute atomic E-state index is 0.121. The summed E-state index contributed by atoms with van der Waals surface area (Å²) >= 11 is 5.74. The van der Waals surface area contributed by atoms with Gasteiger partial charge >= 0.3 is 7.82 Å². The molecular weight excluding hydrogens is 515 g/mol. The molecule has 0 aromatic heterocycles. The Bertz CT molecular complexity index is 1050. The molecule has 0 radical (unpaired) electrons. The zero-order valence-corrected chi connectivity index (χ0v) is 19.4. The van der Waals surface area contributed by atoms with E-state index >= 15 is 0 Å². The van der Waals surface area contributed by atoms with Gasteiger partial charge in [-0.15, -0.1) is 11.6 Å². The van der Waals surface area contributed by atoms with Crippen LogP contribution in [0.5, 0.6) is 0 Å². The van der Waals surface area contributed by atoms with E-state index in [1.165, 1.54) is 0 Å². The summed E-state index contributed by atoms with van der Waals surface area (Å²) < 4.78 is 41.9. The van der Waals surface area contributed by atoms with E-state index in [0.29, 0.717) is 6.07 Å². The predicted octanol–water partition coefficient (Wildman–Crippen LogP) is 0.364. The van der Waals surface area contributed by atoms with Crippen molar-refractivity contribution >= 4 is 52.5 Å². The molecule has 0 heterocycles. The number of benzene rings is 1. The molecule has 1 aromatic carbocycles. The number of hydrogen-bond acceptors (Lipinski definition) is 11. The second kappa shape index (κ2) is 12.2. The molecule has 0 aliphatic heterocycles. The van der Waals surface area contributed by atoms with Crippen molar-refractivity contribution in [3.05, 3.63) is 37.9 Å². The molecule has 16 nitrogen and oxygen atoms in total. The van der Waals surface area contributed by atoms with Crippen LogP contribution in [0, 0.1) is 20.2 Å². The first-order valence-electron chi connectivity index (χ1n) is 8.76. The highest BCUT2D eigenvalue weighted by Gasteiger charge is 2.31. The molecule has 33 heavy (non-hydrogen) atoms. The number of carbonyl (C=O) groups is 1. The number of halogens is 1.